The molecule has 19 heavy (non-hydrogen) atoms. The quantitative estimate of drug-likeness (QED) is 0.874. The van der Waals surface area contributed by atoms with Crippen LogP contribution in [0.25, 0.3) is 0 Å². The Morgan fingerprint density at radius 1 is 1.37 bits per heavy atom. The number of nitrogens with one attached hydrogen (secondary N) is 1. The number of rotatable bonds is 6. The molecule has 0 aromatic carbocycles. The average molecular weight is 277 g/mol. The highest BCUT2D eigenvalue weighted by Crippen LogP contribution is 2.27. The molecule has 1 atom stereocenters. The van der Waals surface area contributed by atoms with Gasteiger partial charge in [-0.1, -0.05) is 6.92 Å². The van der Waals surface area contributed by atoms with E-state index in [-0.39, 0.29) is 0 Å². The first kappa shape index (κ1) is 14.3. The van der Waals surface area contributed by atoms with E-state index in [1.165, 1.54) is 10.4 Å². The van der Waals surface area contributed by atoms with Gasteiger partial charge in [0, 0.05) is 29.6 Å². The fraction of sp³-hybridized carbons (Fsp3) is 0.533. The van der Waals surface area contributed by atoms with Crippen LogP contribution in [0.2, 0.25) is 0 Å². The van der Waals surface area contributed by atoms with Crippen molar-refractivity contribution in [3.8, 4) is 0 Å². The number of hydrogen-bond acceptors (Lipinski definition) is 3. The monoisotopic (exact) mass is 277 g/mol. The molecular formula is C15H23N3S. The number of thiophene rings is 1. The third kappa shape index (κ3) is 3.25. The molecule has 104 valence electrons. The van der Waals surface area contributed by atoms with Gasteiger partial charge in [-0.3, -0.25) is 4.68 Å². The van der Waals surface area contributed by atoms with Crippen molar-refractivity contribution in [2.45, 2.75) is 45.7 Å². The molecule has 2 rings (SSSR count). The number of aromatic nitrogens is 2. The molecule has 2 aromatic heterocycles. The lowest BCUT2D eigenvalue weighted by molar-refractivity contribution is 0.516. The van der Waals surface area contributed by atoms with Gasteiger partial charge in [-0.05, 0) is 50.4 Å². The second kappa shape index (κ2) is 6.35. The Hall–Kier alpha value is -1.13. The van der Waals surface area contributed by atoms with Crippen LogP contribution >= 0.6 is 11.3 Å². The lowest BCUT2D eigenvalue weighted by Crippen LogP contribution is -2.19. The average Bonchev–Trinajstić information content (AvgIpc) is 3.04. The summed E-state index contributed by atoms with van der Waals surface area (Å²) in [6, 6.07) is 5.15. The summed E-state index contributed by atoms with van der Waals surface area (Å²) in [6.45, 7) is 6.52. The first-order valence-electron chi connectivity index (χ1n) is 6.93. The Balaban J connectivity index is 2.14. The molecule has 0 saturated heterocycles. The minimum atomic E-state index is 0.366. The molecule has 0 fully saturated rings. The van der Waals surface area contributed by atoms with E-state index in [1.807, 2.05) is 23.1 Å². The maximum Gasteiger partial charge on any atom is 0.0644 e. The smallest absolute Gasteiger partial charge is 0.0644 e. The van der Waals surface area contributed by atoms with E-state index in [4.69, 9.17) is 0 Å². The zero-order valence-corrected chi connectivity index (χ0v) is 13.0. The number of aryl methyl sites for hydroxylation is 1. The van der Waals surface area contributed by atoms with Gasteiger partial charge in [-0.25, -0.2) is 0 Å². The number of hydrogen-bond donors (Lipinski definition) is 1. The van der Waals surface area contributed by atoms with Gasteiger partial charge in [-0.15, -0.1) is 11.3 Å². The van der Waals surface area contributed by atoms with E-state index < -0.39 is 0 Å². The largest absolute Gasteiger partial charge is 0.312 e. The van der Waals surface area contributed by atoms with Gasteiger partial charge in [0.1, 0.15) is 0 Å². The highest BCUT2D eigenvalue weighted by molar-refractivity contribution is 7.10. The van der Waals surface area contributed by atoms with Crippen LogP contribution in [0.4, 0.5) is 0 Å². The van der Waals surface area contributed by atoms with Crippen molar-refractivity contribution in [2.24, 2.45) is 0 Å². The van der Waals surface area contributed by atoms with Crippen molar-refractivity contribution in [2.75, 3.05) is 7.05 Å². The lowest BCUT2D eigenvalue weighted by Gasteiger charge is -2.15. The predicted molar refractivity (Wildman–Crippen MR) is 81.8 cm³/mol. The van der Waals surface area contributed by atoms with Gasteiger partial charge in [0.25, 0.3) is 0 Å². The van der Waals surface area contributed by atoms with Crippen LogP contribution in [0.3, 0.4) is 0 Å². The van der Waals surface area contributed by atoms with E-state index in [0.29, 0.717) is 12.1 Å². The second-order valence-electron chi connectivity index (χ2n) is 5.09. The molecule has 0 bridgehead atoms. The zero-order valence-electron chi connectivity index (χ0n) is 12.2. The number of likely N-dealkylation sites (N-methyl/N-ethyl adjacent to an activating group) is 1. The molecule has 2 heterocycles. The molecule has 0 aliphatic rings. The Bertz CT molecular complexity index is 513. The number of nitrogens with zero attached hydrogens (tertiary/aromatic N) is 2. The Kier molecular flexibility index (Phi) is 4.77. The van der Waals surface area contributed by atoms with E-state index in [0.717, 1.165) is 18.5 Å². The fourth-order valence-electron chi connectivity index (χ4n) is 2.25. The lowest BCUT2D eigenvalue weighted by atomic mass is 10.1. The van der Waals surface area contributed by atoms with Gasteiger partial charge >= 0.3 is 0 Å². The first-order chi connectivity index (χ1) is 9.15. The third-order valence-electron chi connectivity index (χ3n) is 3.43. The molecular weight excluding hydrogens is 254 g/mol. The van der Waals surface area contributed by atoms with Crippen molar-refractivity contribution in [1.29, 1.82) is 0 Å². The first-order valence-corrected chi connectivity index (χ1v) is 7.81. The minimum Gasteiger partial charge on any atom is -0.312 e. The summed E-state index contributed by atoms with van der Waals surface area (Å²) in [4.78, 5) is 1.45. The van der Waals surface area contributed by atoms with Crippen molar-refractivity contribution >= 4 is 11.3 Å². The van der Waals surface area contributed by atoms with E-state index in [9.17, 15) is 0 Å². The SMILES string of the molecule is CCc1ccsc1C(Cc1ccn(C(C)C)n1)NC. The van der Waals surface area contributed by atoms with Gasteiger partial charge in [0.15, 0.2) is 0 Å². The van der Waals surface area contributed by atoms with Crippen LogP contribution in [0, 0.1) is 0 Å². The van der Waals surface area contributed by atoms with Gasteiger partial charge < -0.3 is 5.32 Å². The fourth-order valence-corrected chi connectivity index (χ4v) is 3.36. The Labute approximate surface area is 119 Å². The maximum atomic E-state index is 4.64. The van der Waals surface area contributed by atoms with E-state index >= 15 is 0 Å². The third-order valence-corrected chi connectivity index (χ3v) is 4.51. The molecule has 1 N–H and O–H groups in total. The van der Waals surface area contributed by atoms with Crippen molar-refractivity contribution in [3.05, 3.63) is 39.8 Å². The van der Waals surface area contributed by atoms with Crippen LogP contribution < -0.4 is 5.32 Å². The Morgan fingerprint density at radius 3 is 2.74 bits per heavy atom. The molecule has 0 amide bonds. The summed E-state index contributed by atoms with van der Waals surface area (Å²) >= 11 is 1.84. The normalized spacial score (nSPS) is 13.1. The summed E-state index contributed by atoms with van der Waals surface area (Å²) in [5, 5.41) is 10.3. The van der Waals surface area contributed by atoms with Crippen LogP contribution in [0.5, 0.6) is 0 Å². The molecule has 0 radical (unpaired) electrons. The Morgan fingerprint density at radius 2 is 2.16 bits per heavy atom. The zero-order chi connectivity index (χ0) is 13.8. The molecule has 0 saturated carbocycles. The molecule has 0 spiro atoms. The van der Waals surface area contributed by atoms with Gasteiger partial charge in [0.2, 0.25) is 0 Å². The standard InChI is InChI=1S/C15H23N3S/c1-5-12-7-9-19-15(12)14(16-4)10-13-6-8-18(17-13)11(2)3/h6-9,11,14,16H,5,10H2,1-4H3. The summed E-state index contributed by atoms with van der Waals surface area (Å²) in [6.07, 6.45) is 4.11. The van der Waals surface area contributed by atoms with Crippen LogP contribution in [0.15, 0.2) is 23.7 Å². The second-order valence-corrected chi connectivity index (χ2v) is 6.04. The van der Waals surface area contributed by atoms with Gasteiger partial charge in [-0.2, -0.15) is 5.10 Å². The van der Waals surface area contributed by atoms with Gasteiger partial charge in [0.05, 0.1) is 5.69 Å². The molecule has 1 unspecified atom stereocenters. The van der Waals surface area contributed by atoms with Crippen molar-refractivity contribution in [3.63, 3.8) is 0 Å². The maximum absolute atomic E-state index is 4.64. The highest BCUT2D eigenvalue weighted by Gasteiger charge is 2.16. The molecule has 0 aliphatic carbocycles. The summed E-state index contributed by atoms with van der Waals surface area (Å²) in [7, 11) is 2.03. The summed E-state index contributed by atoms with van der Waals surface area (Å²) in [5.74, 6) is 0. The molecule has 3 nitrogen and oxygen atoms in total. The summed E-state index contributed by atoms with van der Waals surface area (Å²) in [5.41, 5.74) is 2.61. The van der Waals surface area contributed by atoms with Crippen LogP contribution in [-0.2, 0) is 12.8 Å². The van der Waals surface area contributed by atoms with Crippen LogP contribution in [-0.4, -0.2) is 16.8 Å². The summed E-state index contributed by atoms with van der Waals surface area (Å²) < 4.78 is 2.03. The van der Waals surface area contributed by atoms with Crippen molar-refractivity contribution < 1.29 is 0 Å². The highest BCUT2D eigenvalue weighted by atomic mass is 32.1. The van der Waals surface area contributed by atoms with E-state index in [1.54, 1.807) is 0 Å². The predicted octanol–water partition coefficient (Wildman–Crippen LogP) is 3.59. The minimum absolute atomic E-state index is 0.366. The molecule has 4 heteroatoms. The van der Waals surface area contributed by atoms with Crippen molar-refractivity contribution in [1.82, 2.24) is 15.1 Å². The van der Waals surface area contributed by atoms with E-state index in [2.05, 4.69) is 54.9 Å². The van der Waals surface area contributed by atoms with Crippen LogP contribution in [0.1, 0.15) is 49.0 Å². The molecule has 2 aromatic rings. The molecule has 0 aliphatic heterocycles. The topological polar surface area (TPSA) is 29.9 Å².